The van der Waals surface area contributed by atoms with Crippen LogP contribution in [-0.2, 0) is 9.53 Å². The fourth-order valence-electron chi connectivity index (χ4n) is 2.21. The predicted molar refractivity (Wildman–Crippen MR) is 77.2 cm³/mol. The Morgan fingerprint density at radius 1 is 1.25 bits per heavy atom. The third kappa shape index (κ3) is 4.85. The Morgan fingerprint density at radius 3 is 2.45 bits per heavy atom. The summed E-state index contributed by atoms with van der Waals surface area (Å²) >= 11 is 0. The molecule has 0 saturated heterocycles. The van der Waals surface area contributed by atoms with Crippen molar-refractivity contribution in [2.45, 2.75) is 33.6 Å². The third-order valence-electron chi connectivity index (χ3n) is 3.04. The van der Waals surface area contributed by atoms with Crippen molar-refractivity contribution >= 4 is 12.0 Å². The van der Waals surface area contributed by atoms with E-state index in [0.29, 0.717) is 24.4 Å². The van der Waals surface area contributed by atoms with Crippen LogP contribution < -0.4 is 10.6 Å². The maximum absolute atomic E-state index is 11.9. The molecule has 0 aromatic carbocycles. The average molecular weight is 283 g/mol. The van der Waals surface area contributed by atoms with Gasteiger partial charge >= 0.3 is 12.0 Å². The first kappa shape index (κ1) is 16.5. The van der Waals surface area contributed by atoms with E-state index >= 15 is 0 Å². The highest BCUT2D eigenvalue weighted by Crippen LogP contribution is 2.10. The summed E-state index contributed by atoms with van der Waals surface area (Å²) in [5, 5.41) is 5.35. The molecule has 114 valence electrons. The summed E-state index contributed by atoms with van der Waals surface area (Å²) in [5.41, 5.74) is 1.18. The summed E-state index contributed by atoms with van der Waals surface area (Å²) in [5.74, 6) is -0.358. The Bertz CT molecular complexity index is 374. The van der Waals surface area contributed by atoms with Gasteiger partial charge in [-0.25, -0.2) is 9.59 Å². The van der Waals surface area contributed by atoms with E-state index in [0.717, 1.165) is 25.9 Å². The van der Waals surface area contributed by atoms with E-state index in [-0.39, 0.29) is 18.5 Å². The number of carbonyl (C=O) groups excluding carboxylic acids is 2. The van der Waals surface area contributed by atoms with Gasteiger partial charge in [0.15, 0.2) is 0 Å². The van der Waals surface area contributed by atoms with Gasteiger partial charge in [0.05, 0.1) is 18.7 Å². The van der Waals surface area contributed by atoms with E-state index in [1.165, 1.54) is 0 Å². The van der Waals surface area contributed by atoms with E-state index in [4.69, 9.17) is 4.74 Å². The SMILES string of the molecule is CCCN(CCC)CC1=C(C(=O)OCC)CNC(=O)N1. The molecule has 0 radical (unpaired) electrons. The van der Waals surface area contributed by atoms with Crippen LogP contribution in [0.2, 0.25) is 0 Å². The number of esters is 1. The quantitative estimate of drug-likeness (QED) is 0.658. The highest BCUT2D eigenvalue weighted by Gasteiger charge is 2.24. The van der Waals surface area contributed by atoms with Crippen molar-refractivity contribution < 1.29 is 14.3 Å². The van der Waals surface area contributed by atoms with Crippen LogP contribution in [0.1, 0.15) is 33.6 Å². The van der Waals surface area contributed by atoms with Gasteiger partial charge in [0, 0.05) is 12.2 Å². The molecule has 20 heavy (non-hydrogen) atoms. The number of ether oxygens (including phenoxy) is 1. The maximum Gasteiger partial charge on any atom is 0.337 e. The van der Waals surface area contributed by atoms with Crippen LogP contribution >= 0.6 is 0 Å². The molecular formula is C14H25N3O3. The fraction of sp³-hybridized carbons (Fsp3) is 0.714. The van der Waals surface area contributed by atoms with Gasteiger partial charge in [-0.15, -0.1) is 0 Å². The summed E-state index contributed by atoms with van der Waals surface area (Å²) in [4.78, 5) is 25.6. The van der Waals surface area contributed by atoms with Crippen molar-refractivity contribution in [3.05, 3.63) is 11.3 Å². The van der Waals surface area contributed by atoms with Gasteiger partial charge in [0.1, 0.15) is 0 Å². The van der Waals surface area contributed by atoms with Gasteiger partial charge in [-0.05, 0) is 32.9 Å². The average Bonchev–Trinajstić information content (AvgIpc) is 2.39. The van der Waals surface area contributed by atoms with Gasteiger partial charge in [0.25, 0.3) is 0 Å². The molecule has 0 atom stereocenters. The number of nitrogens with one attached hydrogen (secondary N) is 2. The van der Waals surface area contributed by atoms with E-state index in [1.807, 2.05) is 0 Å². The molecule has 0 aromatic heterocycles. The molecule has 2 N–H and O–H groups in total. The van der Waals surface area contributed by atoms with Crippen LogP contribution in [0.3, 0.4) is 0 Å². The lowest BCUT2D eigenvalue weighted by molar-refractivity contribution is -0.138. The molecule has 1 rings (SSSR count). The van der Waals surface area contributed by atoms with Crippen molar-refractivity contribution in [1.29, 1.82) is 0 Å². The second-order valence-electron chi connectivity index (χ2n) is 4.76. The molecule has 0 fully saturated rings. The molecule has 1 heterocycles. The molecule has 0 spiro atoms. The lowest BCUT2D eigenvalue weighted by Crippen LogP contribution is -2.47. The number of urea groups is 1. The number of hydrogen-bond acceptors (Lipinski definition) is 4. The van der Waals surface area contributed by atoms with Crippen LogP contribution in [0.5, 0.6) is 0 Å². The Morgan fingerprint density at radius 2 is 1.90 bits per heavy atom. The topological polar surface area (TPSA) is 70.7 Å². The number of hydrogen-bond donors (Lipinski definition) is 2. The van der Waals surface area contributed by atoms with Crippen molar-refractivity contribution in [2.24, 2.45) is 0 Å². The molecule has 2 amide bonds. The van der Waals surface area contributed by atoms with Crippen LogP contribution in [0.4, 0.5) is 4.79 Å². The molecule has 0 saturated carbocycles. The summed E-state index contributed by atoms with van der Waals surface area (Å²) < 4.78 is 5.04. The van der Waals surface area contributed by atoms with Crippen LogP contribution in [0.25, 0.3) is 0 Å². The summed E-state index contributed by atoms with van der Waals surface area (Å²) in [6.45, 7) is 9.02. The van der Waals surface area contributed by atoms with Crippen molar-refractivity contribution in [3.63, 3.8) is 0 Å². The fourth-order valence-corrected chi connectivity index (χ4v) is 2.21. The number of carbonyl (C=O) groups is 2. The molecule has 1 aliphatic heterocycles. The molecule has 1 aliphatic rings. The minimum absolute atomic E-state index is 0.228. The highest BCUT2D eigenvalue weighted by molar-refractivity contribution is 5.93. The molecule has 0 bridgehead atoms. The molecule has 0 aromatic rings. The number of amides is 2. The molecule has 0 unspecified atom stereocenters. The summed E-state index contributed by atoms with van der Waals surface area (Å²) in [6.07, 6.45) is 2.07. The maximum atomic E-state index is 11.9. The monoisotopic (exact) mass is 283 g/mol. The normalized spacial score (nSPS) is 15.1. The highest BCUT2D eigenvalue weighted by atomic mass is 16.5. The zero-order valence-corrected chi connectivity index (χ0v) is 12.6. The standard InChI is InChI=1S/C14H25N3O3/c1-4-7-17(8-5-2)10-12-11(13(18)20-6-3)9-15-14(19)16-12/h4-10H2,1-3H3,(H2,15,16,19). The van der Waals surface area contributed by atoms with Gasteiger partial charge in [-0.3, -0.25) is 4.90 Å². The zero-order valence-electron chi connectivity index (χ0n) is 12.6. The molecule has 6 heteroatoms. The Balaban J connectivity index is 2.86. The van der Waals surface area contributed by atoms with Gasteiger partial charge in [-0.2, -0.15) is 0 Å². The Hall–Kier alpha value is -1.56. The predicted octanol–water partition coefficient (Wildman–Crippen LogP) is 1.24. The minimum Gasteiger partial charge on any atom is -0.463 e. The molecular weight excluding hydrogens is 258 g/mol. The van der Waals surface area contributed by atoms with E-state index in [9.17, 15) is 9.59 Å². The molecule has 6 nitrogen and oxygen atoms in total. The van der Waals surface area contributed by atoms with E-state index < -0.39 is 0 Å². The minimum atomic E-state index is -0.358. The van der Waals surface area contributed by atoms with Crippen molar-refractivity contribution in [2.75, 3.05) is 32.8 Å². The smallest absolute Gasteiger partial charge is 0.337 e. The number of rotatable bonds is 8. The molecule has 0 aliphatic carbocycles. The third-order valence-corrected chi connectivity index (χ3v) is 3.04. The number of nitrogens with zero attached hydrogens (tertiary/aromatic N) is 1. The van der Waals surface area contributed by atoms with Crippen LogP contribution in [0, 0.1) is 0 Å². The van der Waals surface area contributed by atoms with Crippen molar-refractivity contribution in [3.8, 4) is 0 Å². The largest absolute Gasteiger partial charge is 0.463 e. The zero-order chi connectivity index (χ0) is 15.0. The summed E-state index contributed by atoms with van der Waals surface area (Å²) in [6, 6.07) is -0.263. The second kappa shape index (κ2) is 8.58. The second-order valence-corrected chi connectivity index (χ2v) is 4.76. The Kier molecular flexibility index (Phi) is 7.08. The van der Waals surface area contributed by atoms with Crippen LogP contribution in [0.15, 0.2) is 11.3 Å². The van der Waals surface area contributed by atoms with Crippen LogP contribution in [-0.4, -0.2) is 49.7 Å². The van der Waals surface area contributed by atoms with Crippen molar-refractivity contribution in [1.82, 2.24) is 15.5 Å². The first-order chi connectivity index (χ1) is 9.62. The van der Waals surface area contributed by atoms with E-state index in [1.54, 1.807) is 6.92 Å². The lowest BCUT2D eigenvalue weighted by atomic mass is 10.1. The first-order valence-corrected chi connectivity index (χ1v) is 7.28. The van der Waals surface area contributed by atoms with E-state index in [2.05, 4.69) is 29.4 Å². The Labute approximate surface area is 120 Å². The first-order valence-electron chi connectivity index (χ1n) is 7.28. The van der Waals surface area contributed by atoms with Gasteiger partial charge in [-0.1, -0.05) is 13.8 Å². The summed E-state index contributed by atoms with van der Waals surface area (Å²) in [7, 11) is 0. The lowest BCUT2D eigenvalue weighted by Gasteiger charge is -2.27. The van der Waals surface area contributed by atoms with Gasteiger partial charge in [0.2, 0.25) is 0 Å². The van der Waals surface area contributed by atoms with Gasteiger partial charge < -0.3 is 15.4 Å².